The number of ether oxygens (including phenoxy) is 3. The van der Waals surface area contributed by atoms with Gasteiger partial charge < -0.3 is 14.2 Å². The first-order valence-corrected chi connectivity index (χ1v) is 10.4. The highest BCUT2D eigenvalue weighted by Gasteiger charge is 2.34. The number of halogens is 2. The first kappa shape index (κ1) is 20.5. The van der Waals surface area contributed by atoms with Crippen molar-refractivity contribution < 1.29 is 23.4 Å². The molecule has 0 spiro atoms. The van der Waals surface area contributed by atoms with Gasteiger partial charge in [-0.1, -0.05) is 29.8 Å². The number of ketones is 1. The van der Waals surface area contributed by atoms with E-state index < -0.39 is 5.82 Å². The summed E-state index contributed by atoms with van der Waals surface area (Å²) in [7, 11) is 1.63. The second-order valence-corrected chi connectivity index (χ2v) is 8.01. The molecule has 0 saturated carbocycles. The Labute approximate surface area is 189 Å². The molecular formula is C25H19ClFNO4. The number of Topliss-reactive ketones (excluding diaryl/α,β-unsaturated/α-hetero) is 1. The van der Waals surface area contributed by atoms with E-state index in [2.05, 4.69) is 4.90 Å². The van der Waals surface area contributed by atoms with Crippen LogP contribution in [0.4, 0.5) is 4.39 Å². The van der Waals surface area contributed by atoms with Crippen LogP contribution in [-0.4, -0.2) is 24.5 Å². The third-order valence-electron chi connectivity index (χ3n) is 5.52. The normalized spacial score (nSPS) is 16.3. The fourth-order valence-electron chi connectivity index (χ4n) is 3.87. The lowest BCUT2D eigenvalue weighted by Crippen LogP contribution is -2.31. The van der Waals surface area contributed by atoms with Crippen LogP contribution in [0, 0.1) is 5.82 Å². The van der Waals surface area contributed by atoms with Crippen LogP contribution in [-0.2, 0) is 13.1 Å². The molecule has 0 saturated heterocycles. The van der Waals surface area contributed by atoms with E-state index in [1.165, 1.54) is 18.2 Å². The third-order valence-corrected chi connectivity index (χ3v) is 5.85. The van der Waals surface area contributed by atoms with Crippen molar-refractivity contribution in [3.05, 3.63) is 93.5 Å². The lowest BCUT2D eigenvalue weighted by atomic mass is 10.0. The van der Waals surface area contributed by atoms with Crippen LogP contribution in [0.3, 0.4) is 0 Å². The number of methoxy groups -OCH3 is 1. The summed E-state index contributed by atoms with van der Waals surface area (Å²) in [6, 6.07) is 15.7. The first-order valence-electron chi connectivity index (χ1n) is 10.1. The molecule has 0 unspecified atom stereocenters. The number of allylic oxidation sites excluding steroid dienone is 1. The molecule has 5 nitrogen and oxygen atoms in total. The fourth-order valence-corrected chi connectivity index (χ4v) is 4.09. The monoisotopic (exact) mass is 451 g/mol. The fraction of sp³-hybridized carbons (Fsp3) is 0.160. The number of carbonyl (C=O) groups excluding carboxylic acids is 1. The van der Waals surface area contributed by atoms with Gasteiger partial charge in [-0.3, -0.25) is 9.69 Å². The Morgan fingerprint density at radius 1 is 1.16 bits per heavy atom. The minimum absolute atomic E-state index is 0.0349. The number of carbonyl (C=O) groups is 1. The minimum atomic E-state index is -0.520. The molecule has 5 rings (SSSR count). The smallest absolute Gasteiger partial charge is 0.231 e. The Morgan fingerprint density at radius 3 is 2.72 bits per heavy atom. The van der Waals surface area contributed by atoms with Crippen LogP contribution >= 0.6 is 11.6 Å². The summed E-state index contributed by atoms with van der Waals surface area (Å²) in [5.74, 6) is 1.13. The van der Waals surface area contributed by atoms with Gasteiger partial charge in [0.15, 0.2) is 5.76 Å². The SMILES string of the molecule is COc1ccc(CN2COc3ccc4c(c3C2)O/C(=C\c2c(F)cccc2Cl)C4=O)cc1. The molecule has 0 fully saturated rings. The number of rotatable bonds is 4. The molecule has 0 radical (unpaired) electrons. The Bertz CT molecular complexity index is 1220. The minimum Gasteiger partial charge on any atom is -0.497 e. The highest BCUT2D eigenvalue weighted by molar-refractivity contribution is 6.32. The maximum Gasteiger partial charge on any atom is 0.231 e. The van der Waals surface area contributed by atoms with E-state index in [1.807, 2.05) is 24.3 Å². The summed E-state index contributed by atoms with van der Waals surface area (Å²) in [6.07, 6.45) is 1.35. The molecule has 2 heterocycles. The van der Waals surface area contributed by atoms with Gasteiger partial charge in [0.1, 0.15) is 29.8 Å². The maximum atomic E-state index is 14.2. The van der Waals surface area contributed by atoms with Crippen molar-refractivity contribution >= 4 is 23.5 Å². The van der Waals surface area contributed by atoms with Crippen molar-refractivity contribution in [1.29, 1.82) is 0 Å². The Kier molecular flexibility index (Phi) is 5.33. The summed E-state index contributed by atoms with van der Waals surface area (Å²) in [5.41, 5.74) is 2.45. The highest BCUT2D eigenvalue weighted by Crippen LogP contribution is 2.42. The van der Waals surface area contributed by atoms with Gasteiger partial charge in [-0.15, -0.1) is 0 Å². The Hall–Kier alpha value is -3.35. The Morgan fingerprint density at radius 2 is 1.97 bits per heavy atom. The van der Waals surface area contributed by atoms with E-state index >= 15 is 0 Å². The van der Waals surface area contributed by atoms with Crippen LogP contribution in [0.5, 0.6) is 17.2 Å². The van der Waals surface area contributed by atoms with Crippen molar-refractivity contribution in [1.82, 2.24) is 4.90 Å². The molecule has 2 aliphatic rings. The largest absolute Gasteiger partial charge is 0.497 e. The topological polar surface area (TPSA) is 48.0 Å². The molecule has 2 aliphatic heterocycles. The quantitative estimate of drug-likeness (QED) is 0.493. The van der Waals surface area contributed by atoms with Gasteiger partial charge in [0, 0.05) is 18.7 Å². The van der Waals surface area contributed by atoms with Crippen LogP contribution < -0.4 is 14.2 Å². The summed E-state index contributed by atoms with van der Waals surface area (Å²) in [6.45, 7) is 1.62. The van der Waals surface area contributed by atoms with Crippen LogP contribution in [0.15, 0.2) is 60.4 Å². The van der Waals surface area contributed by atoms with Gasteiger partial charge >= 0.3 is 0 Å². The van der Waals surface area contributed by atoms with E-state index in [4.69, 9.17) is 25.8 Å². The van der Waals surface area contributed by atoms with E-state index in [0.717, 1.165) is 16.9 Å². The van der Waals surface area contributed by atoms with Gasteiger partial charge in [-0.2, -0.15) is 0 Å². The summed E-state index contributed by atoms with van der Waals surface area (Å²) < 4.78 is 31.3. The van der Waals surface area contributed by atoms with Crippen molar-refractivity contribution in [3.8, 4) is 17.2 Å². The standard InChI is InChI=1S/C25H19ClFNO4/c1-30-16-7-5-15(6-8-16)12-28-13-19-22(31-14-28)10-9-17-24(29)23(32-25(17)19)11-18-20(26)3-2-4-21(18)27/h2-11H,12-14H2,1H3/b23-11-. The molecule has 162 valence electrons. The van der Waals surface area contributed by atoms with Crippen LogP contribution in [0.1, 0.15) is 27.0 Å². The molecule has 0 amide bonds. The predicted molar refractivity (Wildman–Crippen MR) is 119 cm³/mol. The van der Waals surface area contributed by atoms with E-state index in [0.29, 0.717) is 36.9 Å². The number of fused-ring (bicyclic) bond motifs is 3. The molecule has 7 heteroatoms. The zero-order chi connectivity index (χ0) is 22.2. The van der Waals surface area contributed by atoms with Gasteiger partial charge in [0.25, 0.3) is 0 Å². The molecule has 3 aromatic carbocycles. The second-order valence-electron chi connectivity index (χ2n) is 7.60. The van der Waals surface area contributed by atoms with Crippen LogP contribution in [0.2, 0.25) is 5.02 Å². The third kappa shape index (κ3) is 3.72. The molecule has 3 aromatic rings. The van der Waals surface area contributed by atoms with Crippen molar-refractivity contribution in [2.24, 2.45) is 0 Å². The van der Waals surface area contributed by atoms with E-state index in [9.17, 15) is 9.18 Å². The lowest BCUT2D eigenvalue weighted by Gasteiger charge is -2.29. The van der Waals surface area contributed by atoms with Crippen molar-refractivity contribution in [2.75, 3.05) is 13.8 Å². The van der Waals surface area contributed by atoms with Gasteiger partial charge in [0.2, 0.25) is 5.78 Å². The summed E-state index contributed by atoms with van der Waals surface area (Å²) in [5, 5.41) is 0.209. The molecule has 0 bridgehead atoms. The van der Waals surface area contributed by atoms with Crippen molar-refractivity contribution in [2.45, 2.75) is 13.1 Å². The second kappa shape index (κ2) is 8.30. The van der Waals surface area contributed by atoms with Gasteiger partial charge in [-0.25, -0.2) is 4.39 Å². The highest BCUT2D eigenvalue weighted by atomic mass is 35.5. The number of hydrogen-bond donors (Lipinski definition) is 0. The predicted octanol–water partition coefficient (Wildman–Crippen LogP) is 5.46. The molecular weight excluding hydrogens is 433 g/mol. The number of benzene rings is 3. The van der Waals surface area contributed by atoms with Crippen molar-refractivity contribution in [3.63, 3.8) is 0 Å². The molecule has 0 atom stereocenters. The average Bonchev–Trinajstić information content (AvgIpc) is 3.13. The molecule has 32 heavy (non-hydrogen) atoms. The van der Waals surface area contributed by atoms with Gasteiger partial charge in [0.05, 0.1) is 23.3 Å². The van der Waals surface area contributed by atoms with E-state index in [1.54, 1.807) is 25.3 Å². The zero-order valence-corrected chi connectivity index (χ0v) is 18.0. The number of nitrogens with zero attached hydrogens (tertiary/aromatic N) is 1. The molecule has 0 N–H and O–H groups in total. The zero-order valence-electron chi connectivity index (χ0n) is 17.2. The Balaban J connectivity index is 1.42. The molecule has 0 aliphatic carbocycles. The molecule has 0 aromatic heterocycles. The maximum absolute atomic E-state index is 14.2. The van der Waals surface area contributed by atoms with Crippen LogP contribution in [0.25, 0.3) is 6.08 Å². The summed E-state index contributed by atoms with van der Waals surface area (Å²) >= 11 is 6.11. The summed E-state index contributed by atoms with van der Waals surface area (Å²) in [4.78, 5) is 15.0. The van der Waals surface area contributed by atoms with Gasteiger partial charge in [-0.05, 0) is 48.0 Å². The number of hydrogen-bond acceptors (Lipinski definition) is 5. The average molecular weight is 452 g/mol. The lowest BCUT2D eigenvalue weighted by molar-refractivity contribution is 0.0872. The first-order chi connectivity index (χ1) is 15.5. The van der Waals surface area contributed by atoms with E-state index in [-0.39, 0.29) is 22.1 Å².